The number of hydrogen-bond donors (Lipinski definition) is 1. The van der Waals surface area contributed by atoms with Crippen LogP contribution in [0.5, 0.6) is 11.5 Å². The van der Waals surface area contributed by atoms with Crippen LogP contribution in [0.1, 0.15) is 13.8 Å². The van der Waals surface area contributed by atoms with Crippen molar-refractivity contribution < 1.29 is 14.2 Å². The lowest BCUT2D eigenvalue weighted by Crippen LogP contribution is -2.05. The average molecular weight is 205 g/mol. The van der Waals surface area contributed by atoms with Gasteiger partial charge in [-0.15, -0.1) is 0 Å². The fourth-order valence-corrected chi connectivity index (χ4v) is 1.06. The standard InChI is InChI=1S/C9H10ClFO2/c1-5(2)13-9-4-8(12)7(11)3-6(9)10/h3-5,12H,1-2H3. The van der Waals surface area contributed by atoms with Crippen molar-refractivity contribution in [1.29, 1.82) is 0 Å². The number of ether oxygens (including phenoxy) is 1. The Bertz CT molecular complexity index is 313. The molecule has 0 saturated carbocycles. The summed E-state index contributed by atoms with van der Waals surface area (Å²) in [4.78, 5) is 0. The minimum Gasteiger partial charge on any atom is -0.505 e. The van der Waals surface area contributed by atoms with Gasteiger partial charge in [-0.25, -0.2) is 4.39 Å². The molecule has 0 radical (unpaired) electrons. The Morgan fingerprint density at radius 1 is 1.46 bits per heavy atom. The molecule has 0 atom stereocenters. The fraction of sp³-hybridized carbons (Fsp3) is 0.333. The molecule has 1 rings (SSSR count). The van der Waals surface area contributed by atoms with Gasteiger partial charge in [0.1, 0.15) is 5.75 Å². The molecule has 2 nitrogen and oxygen atoms in total. The van der Waals surface area contributed by atoms with E-state index in [1.54, 1.807) is 0 Å². The van der Waals surface area contributed by atoms with Crippen molar-refractivity contribution in [3.8, 4) is 11.5 Å². The Kier molecular flexibility index (Phi) is 2.98. The predicted molar refractivity (Wildman–Crippen MR) is 48.8 cm³/mol. The summed E-state index contributed by atoms with van der Waals surface area (Å²) in [5.41, 5.74) is 0. The van der Waals surface area contributed by atoms with Gasteiger partial charge in [-0.2, -0.15) is 0 Å². The maximum Gasteiger partial charge on any atom is 0.166 e. The van der Waals surface area contributed by atoms with Gasteiger partial charge in [0.05, 0.1) is 11.1 Å². The molecule has 0 spiro atoms. The summed E-state index contributed by atoms with van der Waals surface area (Å²) in [6.45, 7) is 3.63. The van der Waals surface area contributed by atoms with Crippen molar-refractivity contribution in [2.24, 2.45) is 0 Å². The minimum atomic E-state index is -0.749. The normalized spacial score (nSPS) is 10.5. The number of aromatic hydroxyl groups is 1. The summed E-state index contributed by atoms with van der Waals surface area (Å²) >= 11 is 5.67. The second-order valence-electron chi connectivity index (χ2n) is 2.90. The fourth-order valence-electron chi connectivity index (χ4n) is 0.863. The number of rotatable bonds is 2. The molecule has 1 aromatic carbocycles. The van der Waals surface area contributed by atoms with Crippen LogP contribution in [0.15, 0.2) is 12.1 Å². The van der Waals surface area contributed by atoms with E-state index in [0.29, 0.717) is 0 Å². The summed E-state index contributed by atoms with van der Waals surface area (Å²) < 4.78 is 17.9. The Balaban J connectivity index is 3.01. The van der Waals surface area contributed by atoms with Gasteiger partial charge in [-0.1, -0.05) is 11.6 Å². The minimum absolute atomic E-state index is 0.0673. The first-order valence-electron chi connectivity index (χ1n) is 3.85. The first-order chi connectivity index (χ1) is 6.00. The summed E-state index contributed by atoms with van der Waals surface area (Å²) in [7, 11) is 0. The smallest absolute Gasteiger partial charge is 0.166 e. The van der Waals surface area contributed by atoms with Gasteiger partial charge < -0.3 is 9.84 Å². The molecule has 0 amide bonds. The second kappa shape index (κ2) is 3.83. The molecule has 0 aromatic heterocycles. The maximum absolute atomic E-state index is 12.7. The Labute approximate surface area is 80.9 Å². The third kappa shape index (κ3) is 2.49. The lowest BCUT2D eigenvalue weighted by Gasteiger charge is -2.11. The van der Waals surface area contributed by atoms with E-state index in [9.17, 15) is 4.39 Å². The molecule has 0 unspecified atom stereocenters. The molecule has 1 N–H and O–H groups in total. The highest BCUT2D eigenvalue weighted by atomic mass is 35.5. The van der Waals surface area contributed by atoms with Crippen LogP contribution in [0.4, 0.5) is 4.39 Å². The molecule has 13 heavy (non-hydrogen) atoms. The summed E-state index contributed by atoms with van der Waals surface area (Å²) in [6, 6.07) is 2.19. The van der Waals surface area contributed by atoms with E-state index in [-0.39, 0.29) is 16.9 Å². The third-order valence-electron chi connectivity index (χ3n) is 1.36. The quantitative estimate of drug-likeness (QED) is 0.803. The average Bonchev–Trinajstić information content (AvgIpc) is 1.99. The molecule has 0 fully saturated rings. The number of halogens is 2. The van der Waals surface area contributed by atoms with E-state index >= 15 is 0 Å². The van der Waals surface area contributed by atoms with Crippen LogP contribution < -0.4 is 4.74 Å². The van der Waals surface area contributed by atoms with Crippen molar-refractivity contribution in [2.75, 3.05) is 0 Å². The zero-order valence-electron chi connectivity index (χ0n) is 7.34. The molecule has 1 aromatic rings. The lowest BCUT2D eigenvalue weighted by molar-refractivity contribution is 0.241. The van der Waals surface area contributed by atoms with Gasteiger partial charge >= 0.3 is 0 Å². The molecule has 0 heterocycles. The van der Waals surface area contributed by atoms with E-state index in [1.807, 2.05) is 13.8 Å². The van der Waals surface area contributed by atoms with Crippen LogP contribution in [0, 0.1) is 5.82 Å². The van der Waals surface area contributed by atoms with Gasteiger partial charge in [0.2, 0.25) is 0 Å². The van der Waals surface area contributed by atoms with Gasteiger partial charge in [0, 0.05) is 12.1 Å². The van der Waals surface area contributed by atoms with E-state index in [2.05, 4.69) is 0 Å². The molecular weight excluding hydrogens is 195 g/mol. The first kappa shape index (κ1) is 10.1. The van der Waals surface area contributed by atoms with Crippen LogP contribution in [-0.2, 0) is 0 Å². The Hall–Kier alpha value is -0.960. The highest BCUT2D eigenvalue weighted by molar-refractivity contribution is 6.32. The highest BCUT2D eigenvalue weighted by Crippen LogP contribution is 2.31. The summed E-state index contributed by atoms with van der Waals surface area (Å²) in [5.74, 6) is -0.920. The zero-order chi connectivity index (χ0) is 10.0. The molecule has 0 bridgehead atoms. The second-order valence-corrected chi connectivity index (χ2v) is 3.31. The van der Waals surface area contributed by atoms with E-state index in [1.165, 1.54) is 0 Å². The van der Waals surface area contributed by atoms with E-state index in [0.717, 1.165) is 12.1 Å². The van der Waals surface area contributed by atoms with Gasteiger partial charge in [0.25, 0.3) is 0 Å². The van der Waals surface area contributed by atoms with Gasteiger partial charge in [-0.3, -0.25) is 0 Å². The van der Waals surface area contributed by atoms with E-state index in [4.69, 9.17) is 21.4 Å². The third-order valence-corrected chi connectivity index (χ3v) is 1.66. The molecule has 72 valence electrons. The number of phenols is 1. The summed E-state index contributed by atoms with van der Waals surface area (Å²) in [6.07, 6.45) is -0.0673. The van der Waals surface area contributed by atoms with Gasteiger partial charge in [0.15, 0.2) is 11.6 Å². The summed E-state index contributed by atoms with van der Waals surface area (Å²) in [5, 5.41) is 9.18. The highest BCUT2D eigenvalue weighted by Gasteiger charge is 2.09. The monoisotopic (exact) mass is 204 g/mol. The molecule has 4 heteroatoms. The Morgan fingerprint density at radius 3 is 2.62 bits per heavy atom. The van der Waals surface area contributed by atoms with Crippen molar-refractivity contribution in [1.82, 2.24) is 0 Å². The topological polar surface area (TPSA) is 29.5 Å². The van der Waals surface area contributed by atoms with Crippen molar-refractivity contribution in [3.63, 3.8) is 0 Å². The molecular formula is C9H10ClFO2. The molecule has 0 aliphatic carbocycles. The zero-order valence-corrected chi connectivity index (χ0v) is 8.10. The number of benzene rings is 1. The SMILES string of the molecule is CC(C)Oc1cc(O)c(F)cc1Cl. The predicted octanol–water partition coefficient (Wildman–Crippen LogP) is 2.97. The van der Waals surface area contributed by atoms with Crippen LogP contribution >= 0.6 is 11.6 Å². The lowest BCUT2D eigenvalue weighted by atomic mass is 10.3. The first-order valence-corrected chi connectivity index (χ1v) is 4.23. The van der Waals surface area contributed by atoms with Crippen LogP contribution in [0.2, 0.25) is 5.02 Å². The van der Waals surface area contributed by atoms with Crippen molar-refractivity contribution >= 4 is 11.6 Å². The molecule has 0 aliphatic heterocycles. The van der Waals surface area contributed by atoms with Crippen LogP contribution in [-0.4, -0.2) is 11.2 Å². The Morgan fingerprint density at radius 2 is 2.08 bits per heavy atom. The maximum atomic E-state index is 12.7. The number of phenolic OH excluding ortho intramolecular Hbond substituents is 1. The van der Waals surface area contributed by atoms with Gasteiger partial charge in [-0.05, 0) is 13.8 Å². The van der Waals surface area contributed by atoms with Crippen molar-refractivity contribution in [3.05, 3.63) is 23.0 Å². The van der Waals surface area contributed by atoms with Crippen molar-refractivity contribution in [2.45, 2.75) is 20.0 Å². The van der Waals surface area contributed by atoms with Crippen LogP contribution in [0.25, 0.3) is 0 Å². The molecule has 0 saturated heterocycles. The van der Waals surface area contributed by atoms with E-state index < -0.39 is 11.6 Å². The van der Waals surface area contributed by atoms with Crippen LogP contribution in [0.3, 0.4) is 0 Å². The largest absolute Gasteiger partial charge is 0.505 e. The molecule has 0 aliphatic rings. The number of hydrogen-bond acceptors (Lipinski definition) is 2.